The number of nitrogen functional groups attached to an aromatic ring is 1. The number of anilines is 2. The first-order valence-electron chi connectivity index (χ1n) is 6.38. The second-order valence-electron chi connectivity index (χ2n) is 4.71. The molecule has 0 heterocycles. The largest absolute Gasteiger partial charge is 0.495 e. The van der Waals surface area contributed by atoms with Crippen LogP contribution in [0.5, 0.6) is 5.75 Å². The molecule has 0 aliphatic carbocycles. The molecule has 4 heteroatoms. The molecule has 0 spiro atoms. The van der Waals surface area contributed by atoms with E-state index in [4.69, 9.17) is 15.2 Å². The summed E-state index contributed by atoms with van der Waals surface area (Å²) >= 11 is 0. The van der Waals surface area contributed by atoms with Crippen LogP contribution >= 0.6 is 0 Å². The smallest absolute Gasteiger partial charge is 0.143 e. The van der Waals surface area contributed by atoms with Crippen molar-refractivity contribution in [3.8, 4) is 5.75 Å². The third-order valence-electron chi connectivity index (χ3n) is 2.48. The lowest BCUT2D eigenvalue weighted by Crippen LogP contribution is -2.08. The Kier molecular flexibility index (Phi) is 6.36. The van der Waals surface area contributed by atoms with Gasteiger partial charge >= 0.3 is 0 Å². The van der Waals surface area contributed by atoms with Crippen LogP contribution in [0.4, 0.5) is 11.4 Å². The minimum atomic E-state index is 0.597. The molecule has 0 bridgehead atoms. The Hall–Kier alpha value is -1.42. The van der Waals surface area contributed by atoms with Gasteiger partial charge < -0.3 is 20.5 Å². The quantitative estimate of drug-likeness (QED) is 0.552. The molecule has 102 valence electrons. The van der Waals surface area contributed by atoms with Gasteiger partial charge in [0.25, 0.3) is 0 Å². The zero-order valence-electron chi connectivity index (χ0n) is 11.5. The summed E-state index contributed by atoms with van der Waals surface area (Å²) in [6.07, 6.45) is 0.986. The first kappa shape index (κ1) is 14.6. The zero-order chi connectivity index (χ0) is 13.4. The highest BCUT2D eigenvalue weighted by molar-refractivity contribution is 5.61. The van der Waals surface area contributed by atoms with E-state index in [0.717, 1.165) is 31.9 Å². The van der Waals surface area contributed by atoms with Gasteiger partial charge in [0, 0.05) is 31.5 Å². The highest BCUT2D eigenvalue weighted by atomic mass is 16.5. The molecular weight excluding hydrogens is 228 g/mol. The fourth-order valence-corrected chi connectivity index (χ4v) is 1.55. The molecule has 0 unspecified atom stereocenters. The van der Waals surface area contributed by atoms with Gasteiger partial charge in [0.1, 0.15) is 5.75 Å². The molecule has 0 saturated heterocycles. The number of methoxy groups -OCH3 is 1. The fourth-order valence-electron chi connectivity index (χ4n) is 1.55. The van der Waals surface area contributed by atoms with Crippen LogP contribution in [0.25, 0.3) is 0 Å². The summed E-state index contributed by atoms with van der Waals surface area (Å²) in [6, 6.07) is 5.70. The highest BCUT2D eigenvalue weighted by Crippen LogP contribution is 2.24. The summed E-state index contributed by atoms with van der Waals surface area (Å²) in [7, 11) is 1.62. The van der Waals surface area contributed by atoms with Crippen LogP contribution < -0.4 is 15.8 Å². The van der Waals surface area contributed by atoms with Crippen LogP contribution in [-0.2, 0) is 4.74 Å². The van der Waals surface area contributed by atoms with E-state index in [0.29, 0.717) is 17.4 Å². The highest BCUT2D eigenvalue weighted by Gasteiger charge is 2.00. The van der Waals surface area contributed by atoms with Crippen molar-refractivity contribution in [1.82, 2.24) is 0 Å². The van der Waals surface area contributed by atoms with Gasteiger partial charge in [-0.15, -0.1) is 0 Å². The normalized spacial score (nSPS) is 10.7. The minimum absolute atomic E-state index is 0.597. The Bertz CT molecular complexity index is 354. The third-order valence-corrected chi connectivity index (χ3v) is 2.48. The molecule has 18 heavy (non-hydrogen) atoms. The lowest BCUT2D eigenvalue weighted by Gasteiger charge is -2.10. The Labute approximate surface area is 109 Å². The molecule has 1 aromatic carbocycles. The second kappa shape index (κ2) is 7.82. The van der Waals surface area contributed by atoms with Gasteiger partial charge in [0.15, 0.2) is 0 Å². The van der Waals surface area contributed by atoms with E-state index in [1.54, 1.807) is 7.11 Å². The van der Waals surface area contributed by atoms with Crippen molar-refractivity contribution in [2.24, 2.45) is 5.92 Å². The molecule has 1 aromatic rings. The first-order valence-corrected chi connectivity index (χ1v) is 6.38. The van der Waals surface area contributed by atoms with E-state index in [9.17, 15) is 0 Å². The van der Waals surface area contributed by atoms with Gasteiger partial charge in [-0.2, -0.15) is 0 Å². The minimum Gasteiger partial charge on any atom is -0.495 e. The summed E-state index contributed by atoms with van der Waals surface area (Å²) in [5.74, 6) is 1.30. The number of benzene rings is 1. The molecule has 0 radical (unpaired) electrons. The van der Waals surface area contributed by atoms with Gasteiger partial charge in [-0.3, -0.25) is 0 Å². The molecule has 0 aromatic heterocycles. The standard InChI is InChI=1S/C14H24N2O2/c1-11(2)10-18-8-4-7-16-12-5-6-13(15)14(9-12)17-3/h5-6,9,11,16H,4,7-8,10,15H2,1-3H3. The van der Waals surface area contributed by atoms with Gasteiger partial charge in [-0.25, -0.2) is 0 Å². The number of rotatable bonds is 8. The number of hydrogen-bond acceptors (Lipinski definition) is 4. The lowest BCUT2D eigenvalue weighted by atomic mass is 10.2. The molecule has 4 nitrogen and oxygen atoms in total. The third kappa shape index (κ3) is 5.27. The van der Waals surface area contributed by atoms with Crippen molar-refractivity contribution in [3.05, 3.63) is 18.2 Å². The molecule has 0 aliphatic rings. The molecule has 0 saturated carbocycles. The van der Waals surface area contributed by atoms with Crippen molar-refractivity contribution < 1.29 is 9.47 Å². The van der Waals surface area contributed by atoms with E-state index in [-0.39, 0.29) is 0 Å². The topological polar surface area (TPSA) is 56.5 Å². The van der Waals surface area contributed by atoms with Crippen molar-refractivity contribution in [2.45, 2.75) is 20.3 Å². The molecule has 0 aliphatic heterocycles. The summed E-state index contributed by atoms with van der Waals surface area (Å²) in [6.45, 7) is 6.80. The van der Waals surface area contributed by atoms with Crippen molar-refractivity contribution in [2.75, 3.05) is 37.9 Å². The Morgan fingerprint density at radius 3 is 2.78 bits per heavy atom. The maximum absolute atomic E-state index is 5.75. The Morgan fingerprint density at radius 2 is 2.11 bits per heavy atom. The maximum Gasteiger partial charge on any atom is 0.143 e. The summed E-state index contributed by atoms with van der Waals surface area (Å²) in [4.78, 5) is 0. The predicted octanol–water partition coefficient (Wildman–Crippen LogP) is 2.75. The van der Waals surface area contributed by atoms with Gasteiger partial charge in [-0.05, 0) is 24.5 Å². The van der Waals surface area contributed by atoms with Crippen LogP contribution in [0.1, 0.15) is 20.3 Å². The lowest BCUT2D eigenvalue weighted by molar-refractivity contribution is 0.110. The molecule has 0 fully saturated rings. The van der Waals surface area contributed by atoms with Gasteiger partial charge in [0.2, 0.25) is 0 Å². The molecule has 1 rings (SSSR count). The Morgan fingerprint density at radius 1 is 1.33 bits per heavy atom. The molecular formula is C14H24N2O2. The van der Waals surface area contributed by atoms with Crippen molar-refractivity contribution >= 4 is 11.4 Å². The maximum atomic E-state index is 5.75. The molecule has 0 amide bonds. The van der Waals surface area contributed by atoms with E-state index in [1.807, 2.05) is 18.2 Å². The summed E-state index contributed by atoms with van der Waals surface area (Å²) < 4.78 is 10.7. The predicted molar refractivity (Wildman–Crippen MR) is 76.2 cm³/mol. The summed E-state index contributed by atoms with van der Waals surface area (Å²) in [5, 5.41) is 3.32. The van der Waals surface area contributed by atoms with Gasteiger partial charge in [0.05, 0.1) is 12.8 Å². The van der Waals surface area contributed by atoms with Crippen LogP contribution in [-0.4, -0.2) is 26.9 Å². The van der Waals surface area contributed by atoms with E-state index >= 15 is 0 Å². The van der Waals surface area contributed by atoms with Crippen LogP contribution in [0, 0.1) is 5.92 Å². The van der Waals surface area contributed by atoms with E-state index in [2.05, 4.69) is 19.2 Å². The monoisotopic (exact) mass is 252 g/mol. The van der Waals surface area contributed by atoms with Crippen LogP contribution in [0.2, 0.25) is 0 Å². The zero-order valence-corrected chi connectivity index (χ0v) is 11.5. The van der Waals surface area contributed by atoms with Gasteiger partial charge in [-0.1, -0.05) is 13.8 Å². The number of nitrogens with two attached hydrogens (primary N) is 1. The average molecular weight is 252 g/mol. The van der Waals surface area contributed by atoms with E-state index in [1.165, 1.54) is 0 Å². The van der Waals surface area contributed by atoms with Crippen LogP contribution in [0.15, 0.2) is 18.2 Å². The number of nitrogens with one attached hydrogen (secondary N) is 1. The van der Waals surface area contributed by atoms with Crippen molar-refractivity contribution in [1.29, 1.82) is 0 Å². The SMILES string of the molecule is COc1cc(NCCCOCC(C)C)ccc1N. The Balaban J connectivity index is 2.23. The molecule has 0 atom stereocenters. The average Bonchev–Trinajstić information content (AvgIpc) is 2.35. The number of hydrogen-bond donors (Lipinski definition) is 2. The van der Waals surface area contributed by atoms with E-state index < -0.39 is 0 Å². The molecule has 3 N–H and O–H groups in total. The first-order chi connectivity index (χ1) is 8.63. The number of ether oxygens (including phenoxy) is 2. The van der Waals surface area contributed by atoms with Crippen molar-refractivity contribution in [3.63, 3.8) is 0 Å². The summed E-state index contributed by atoms with van der Waals surface area (Å²) in [5.41, 5.74) is 7.42. The van der Waals surface area contributed by atoms with Crippen LogP contribution in [0.3, 0.4) is 0 Å². The second-order valence-corrected chi connectivity index (χ2v) is 4.71. The fraction of sp³-hybridized carbons (Fsp3) is 0.571.